The van der Waals surface area contributed by atoms with Crippen molar-refractivity contribution in [3.63, 3.8) is 0 Å². The average molecular weight is 390 g/mol. The topological polar surface area (TPSA) is 63.2 Å². The number of ketones is 1. The van der Waals surface area contributed by atoms with Gasteiger partial charge in [0.05, 0.1) is 16.9 Å². The van der Waals surface area contributed by atoms with Crippen molar-refractivity contribution in [2.75, 3.05) is 18.6 Å². The number of hydrogen-bond donors (Lipinski definition) is 1. The van der Waals surface area contributed by atoms with Crippen LogP contribution in [0.3, 0.4) is 0 Å². The van der Waals surface area contributed by atoms with E-state index in [0.29, 0.717) is 28.6 Å². The molecule has 1 aromatic heterocycles. The van der Waals surface area contributed by atoms with Crippen LogP contribution in [0.15, 0.2) is 41.3 Å². The van der Waals surface area contributed by atoms with Crippen LogP contribution in [0.4, 0.5) is 0 Å². The highest BCUT2D eigenvalue weighted by molar-refractivity contribution is 8.00. The van der Waals surface area contributed by atoms with Crippen molar-refractivity contribution in [2.45, 2.75) is 11.3 Å². The summed E-state index contributed by atoms with van der Waals surface area (Å²) in [6.07, 6.45) is 1.70. The standard InChI is InChI=1S/C15H16ClNO3S3/c1-23(19,20)17-8-7-12-5-6-15(22-12)14(18)10-21-13-4-2-3-11(16)9-13/h2-6,9,17H,7-8,10H2,1H3. The summed E-state index contributed by atoms with van der Waals surface area (Å²) >= 11 is 8.77. The van der Waals surface area contributed by atoms with Crippen LogP contribution in [-0.4, -0.2) is 32.8 Å². The first kappa shape index (κ1) is 18.5. The lowest BCUT2D eigenvalue weighted by Gasteiger charge is -2.01. The molecule has 0 saturated heterocycles. The van der Waals surface area contributed by atoms with E-state index in [9.17, 15) is 13.2 Å². The van der Waals surface area contributed by atoms with Gasteiger partial charge in [0, 0.05) is 21.3 Å². The summed E-state index contributed by atoms with van der Waals surface area (Å²) in [6.45, 7) is 0.338. The maximum absolute atomic E-state index is 12.2. The third-order valence-corrected chi connectivity index (χ3v) is 5.98. The van der Waals surface area contributed by atoms with Gasteiger partial charge in [0.25, 0.3) is 0 Å². The zero-order chi connectivity index (χ0) is 16.9. The van der Waals surface area contributed by atoms with Crippen LogP contribution in [0.2, 0.25) is 5.02 Å². The minimum atomic E-state index is -3.17. The molecule has 2 rings (SSSR count). The van der Waals surface area contributed by atoms with Crippen molar-refractivity contribution in [1.82, 2.24) is 4.72 Å². The van der Waals surface area contributed by atoms with Crippen LogP contribution in [-0.2, 0) is 16.4 Å². The fourth-order valence-electron chi connectivity index (χ4n) is 1.80. The molecule has 0 unspecified atom stereocenters. The molecule has 0 spiro atoms. The second-order valence-corrected chi connectivity index (χ2v) is 9.34. The molecular formula is C15H16ClNO3S3. The van der Waals surface area contributed by atoms with Crippen LogP contribution in [0.5, 0.6) is 0 Å². The Morgan fingerprint density at radius 3 is 2.78 bits per heavy atom. The summed E-state index contributed by atoms with van der Waals surface area (Å²) in [7, 11) is -3.17. The molecule has 124 valence electrons. The molecule has 8 heteroatoms. The normalized spacial score (nSPS) is 11.6. The zero-order valence-corrected chi connectivity index (χ0v) is 15.6. The first-order valence-corrected chi connectivity index (χ1v) is 10.9. The Labute approximate surface area is 149 Å². The fraction of sp³-hybridized carbons (Fsp3) is 0.267. The number of halogens is 1. The number of carbonyl (C=O) groups excluding carboxylic acids is 1. The Hall–Kier alpha value is -0.860. The predicted molar refractivity (Wildman–Crippen MR) is 97.4 cm³/mol. The molecule has 0 fully saturated rings. The molecule has 4 nitrogen and oxygen atoms in total. The van der Waals surface area contributed by atoms with Crippen LogP contribution >= 0.6 is 34.7 Å². The van der Waals surface area contributed by atoms with Crippen molar-refractivity contribution in [3.05, 3.63) is 51.2 Å². The third-order valence-electron chi connectivity index (χ3n) is 2.84. The number of thiophene rings is 1. The van der Waals surface area contributed by atoms with Crippen LogP contribution in [0.1, 0.15) is 14.5 Å². The van der Waals surface area contributed by atoms with Crippen molar-refractivity contribution in [3.8, 4) is 0 Å². The fourth-order valence-corrected chi connectivity index (χ4v) is 4.40. The van der Waals surface area contributed by atoms with Gasteiger partial charge in [-0.25, -0.2) is 13.1 Å². The van der Waals surface area contributed by atoms with Gasteiger partial charge in [-0.1, -0.05) is 17.7 Å². The van der Waals surface area contributed by atoms with Gasteiger partial charge in [0.2, 0.25) is 10.0 Å². The van der Waals surface area contributed by atoms with Crippen molar-refractivity contribution >= 4 is 50.5 Å². The summed E-state index contributed by atoms with van der Waals surface area (Å²) in [5.41, 5.74) is 0. The molecule has 0 aliphatic carbocycles. The molecule has 0 aliphatic heterocycles. The number of hydrogen-bond acceptors (Lipinski definition) is 5. The second-order valence-electron chi connectivity index (χ2n) is 4.85. The van der Waals surface area contributed by atoms with Gasteiger partial charge in [0.15, 0.2) is 5.78 Å². The highest BCUT2D eigenvalue weighted by atomic mass is 35.5. The largest absolute Gasteiger partial charge is 0.292 e. The maximum Gasteiger partial charge on any atom is 0.208 e. The van der Waals surface area contributed by atoms with Crippen molar-refractivity contribution in [2.24, 2.45) is 0 Å². The van der Waals surface area contributed by atoms with Gasteiger partial charge in [-0.2, -0.15) is 0 Å². The summed E-state index contributed by atoms with van der Waals surface area (Å²) in [5.74, 6) is 0.407. The van der Waals surface area contributed by atoms with Crippen molar-refractivity contribution in [1.29, 1.82) is 0 Å². The smallest absolute Gasteiger partial charge is 0.208 e. The first-order valence-electron chi connectivity index (χ1n) is 6.78. The van der Waals surface area contributed by atoms with Crippen LogP contribution in [0.25, 0.3) is 0 Å². The Balaban J connectivity index is 1.86. The molecule has 23 heavy (non-hydrogen) atoms. The quantitative estimate of drug-likeness (QED) is 0.554. The van der Waals surface area contributed by atoms with Gasteiger partial charge >= 0.3 is 0 Å². The van der Waals surface area contributed by atoms with E-state index in [1.54, 1.807) is 12.1 Å². The molecule has 0 atom stereocenters. The van der Waals surface area contributed by atoms with E-state index < -0.39 is 10.0 Å². The molecular weight excluding hydrogens is 374 g/mol. The summed E-state index contributed by atoms with van der Waals surface area (Å²) < 4.78 is 24.4. The van der Waals surface area contributed by atoms with E-state index in [-0.39, 0.29) is 5.78 Å². The molecule has 1 aromatic carbocycles. The molecule has 0 amide bonds. The van der Waals surface area contributed by atoms with E-state index in [4.69, 9.17) is 11.6 Å². The summed E-state index contributed by atoms with van der Waals surface area (Å²) in [6, 6.07) is 11.1. The van der Waals surface area contributed by atoms with E-state index in [1.165, 1.54) is 23.1 Å². The number of rotatable bonds is 8. The number of thioether (sulfide) groups is 1. The van der Waals surface area contributed by atoms with E-state index in [0.717, 1.165) is 16.0 Å². The third kappa shape index (κ3) is 6.64. The minimum Gasteiger partial charge on any atom is -0.292 e. The summed E-state index contributed by atoms with van der Waals surface area (Å²) in [5, 5.41) is 0.652. The van der Waals surface area contributed by atoms with Crippen molar-refractivity contribution < 1.29 is 13.2 Å². The number of sulfonamides is 1. The highest BCUT2D eigenvalue weighted by Crippen LogP contribution is 2.24. The number of Topliss-reactive ketones (excluding diaryl/α,β-unsaturated/α-hetero) is 1. The Morgan fingerprint density at radius 2 is 2.09 bits per heavy atom. The zero-order valence-electron chi connectivity index (χ0n) is 12.4. The molecule has 0 saturated carbocycles. The second kappa shape index (κ2) is 8.30. The van der Waals surface area contributed by atoms with Crippen LogP contribution < -0.4 is 4.72 Å². The molecule has 1 N–H and O–H groups in total. The minimum absolute atomic E-state index is 0.0577. The first-order chi connectivity index (χ1) is 10.8. The van der Waals surface area contributed by atoms with Gasteiger partial charge < -0.3 is 0 Å². The SMILES string of the molecule is CS(=O)(=O)NCCc1ccc(C(=O)CSc2cccc(Cl)c2)s1. The Morgan fingerprint density at radius 1 is 1.30 bits per heavy atom. The molecule has 2 aromatic rings. The summed E-state index contributed by atoms with van der Waals surface area (Å²) in [4.78, 5) is 14.8. The molecule has 0 aliphatic rings. The van der Waals surface area contributed by atoms with E-state index in [1.807, 2.05) is 24.3 Å². The Kier molecular flexibility index (Phi) is 6.67. The van der Waals surface area contributed by atoms with Crippen LogP contribution in [0, 0.1) is 0 Å². The number of nitrogens with one attached hydrogen (secondary N) is 1. The van der Waals surface area contributed by atoms with Gasteiger partial charge in [-0.15, -0.1) is 23.1 Å². The van der Waals surface area contributed by atoms with E-state index >= 15 is 0 Å². The monoisotopic (exact) mass is 389 g/mol. The molecule has 1 heterocycles. The predicted octanol–water partition coefficient (Wildman–Crippen LogP) is 3.47. The Bertz CT molecular complexity index is 787. The molecule has 0 bridgehead atoms. The lowest BCUT2D eigenvalue weighted by molar-refractivity contribution is 0.102. The van der Waals surface area contributed by atoms with Gasteiger partial charge in [0.1, 0.15) is 0 Å². The van der Waals surface area contributed by atoms with Gasteiger partial charge in [-0.3, -0.25) is 4.79 Å². The lowest BCUT2D eigenvalue weighted by atomic mass is 10.3. The van der Waals surface area contributed by atoms with Gasteiger partial charge in [-0.05, 0) is 36.8 Å². The molecule has 0 radical (unpaired) electrons. The number of benzene rings is 1. The highest BCUT2D eigenvalue weighted by Gasteiger charge is 2.10. The average Bonchev–Trinajstić information content (AvgIpc) is 2.92. The number of carbonyl (C=O) groups is 1. The van der Waals surface area contributed by atoms with E-state index in [2.05, 4.69) is 4.72 Å². The maximum atomic E-state index is 12.2. The lowest BCUT2D eigenvalue weighted by Crippen LogP contribution is -2.23.